The first-order chi connectivity index (χ1) is 14.2. The molecule has 0 aliphatic carbocycles. The Morgan fingerprint density at radius 1 is 1.30 bits per heavy atom. The van der Waals surface area contributed by atoms with Crippen LogP contribution in [0.4, 0.5) is 17.6 Å². The number of aliphatic hydroxyl groups is 1. The Morgan fingerprint density at radius 3 is 2.60 bits per heavy atom. The Balaban J connectivity index is 2.51. The lowest BCUT2D eigenvalue weighted by molar-refractivity contribution is -0.203. The highest BCUT2D eigenvalue weighted by atomic mass is 19.3. The van der Waals surface area contributed by atoms with Crippen molar-refractivity contribution in [2.75, 3.05) is 13.2 Å². The molecule has 1 aromatic heterocycles. The number of halogens is 4. The SMILES string of the molecule is CC#CCOc1ccc(C(F)(F)C(O)(CN(N)/C=N\N)c2ccc(F)cc2F)nc1. The molecule has 0 aliphatic heterocycles. The summed E-state index contributed by atoms with van der Waals surface area (Å²) in [5.74, 6) is 9.27. The molecule has 0 spiro atoms. The first-order valence-electron chi connectivity index (χ1n) is 8.45. The van der Waals surface area contributed by atoms with Crippen molar-refractivity contribution in [3.8, 4) is 17.6 Å². The van der Waals surface area contributed by atoms with Gasteiger partial charge in [-0.2, -0.15) is 13.9 Å². The summed E-state index contributed by atoms with van der Waals surface area (Å²) >= 11 is 0. The normalized spacial score (nSPS) is 13.4. The predicted molar refractivity (Wildman–Crippen MR) is 101 cm³/mol. The van der Waals surface area contributed by atoms with Crippen LogP contribution in [0.25, 0.3) is 0 Å². The number of pyridine rings is 1. The standard InChI is InChI=1S/C19H19F4N5O2/c1-2-3-8-30-14-5-7-17(26-10-14)19(22,23)18(29,11-28(25)12-27-24)15-6-4-13(20)9-16(15)21/h4-7,9-10,12,29H,8,11,24-25H2,1H3/b27-12-. The fraction of sp³-hybridized carbons (Fsp3) is 0.263. The second kappa shape index (κ2) is 9.43. The van der Waals surface area contributed by atoms with Gasteiger partial charge in [-0.3, -0.25) is 9.99 Å². The molecular weight excluding hydrogens is 406 g/mol. The van der Waals surface area contributed by atoms with Crippen molar-refractivity contribution in [3.63, 3.8) is 0 Å². The van der Waals surface area contributed by atoms with Gasteiger partial charge in [-0.1, -0.05) is 5.92 Å². The third kappa shape index (κ3) is 4.79. The Bertz CT molecular complexity index is 960. The summed E-state index contributed by atoms with van der Waals surface area (Å²) in [4.78, 5) is 3.62. The van der Waals surface area contributed by atoms with E-state index in [1.807, 2.05) is 0 Å². The summed E-state index contributed by atoms with van der Waals surface area (Å²) in [6.07, 6.45) is 1.76. The van der Waals surface area contributed by atoms with Gasteiger partial charge in [-0.15, -0.1) is 5.92 Å². The average molecular weight is 425 g/mol. The molecule has 7 nitrogen and oxygen atoms in total. The maximum absolute atomic E-state index is 15.4. The number of hydrogen-bond donors (Lipinski definition) is 3. The van der Waals surface area contributed by atoms with Crippen molar-refractivity contribution >= 4 is 6.34 Å². The fourth-order valence-electron chi connectivity index (χ4n) is 2.62. The lowest BCUT2D eigenvalue weighted by Gasteiger charge is -2.37. The number of nitrogens with zero attached hydrogens (tertiary/aromatic N) is 3. The van der Waals surface area contributed by atoms with Crippen LogP contribution in [-0.2, 0) is 11.5 Å². The van der Waals surface area contributed by atoms with E-state index in [9.17, 15) is 13.9 Å². The Hall–Kier alpha value is -3.36. The molecule has 30 heavy (non-hydrogen) atoms. The summed E-state index contributed by atoms with van der Waals surface area (Å²) in [5.41, 5.74) is -5.06. The van der Waals surface area contributed by atoms with E-state index in [0.717, 1.165) is 24.7 Å². The van der Waals surface area contributed by atoms with Gasteiger partial charge in [0.2, 0.25) is 0 Å². The molecule has 2 aromatic rings. The van der Waals surface area contributed by atoms with Gasteiger partial charge in [-0.25, -0.2) is 14.6 Å². The number of alkyl halides is 2. The van der Waals surface area contributed by atoms with E-state index in [2.05, 4.69) is 21.9 Å². The van der Waals surface area contributed by atoms with Crippen LogP contribution in [0.15, 0.2) is 41.6 Å². The third-order valence-electron chi connectivity index (χ3n) is 4.07. The van der Waals surface area contributed by atoms with Crippen molar-refractivity contribution in [1.82, 2.24) is 9.99 Å². The largest absolute Gasteiger partial charge is 0.479 e. The van der Waals surface area contributed by atoms with E-state index in [-0.39, 0.29) is 12.4 Å². The molecule has 1 atom stereocenters. The lowest BCUT2D eigenvalue weighted by atomic mass is 9.84. The van der Waals surface area contributed by atoms with E-state index in [4.69, 9.17) is 16.4 Å². The van der Waals surface area contributed by atoms with Crippen LogP contribution in [-0.4, -0.2) is 34.6 Å². The highest BCUT2D eigenvalue weighted by Gasteiger charge is 2.58. The Morgan fingerprint density at radius 2 is 2.03 bits per heavy atom. The highest BCUT2D eigenvalue weighted by molar-refractivity contribution is 5.53. The number of ether oxygens (including phenoxy) is 1. The molecule has 0 aliphatic rings. The van der Waals surface area contributed by atoms with E-state index >= 15 is 8.78 Å². The van der Waals surface area contributed by atoms with E-state index in [0.29, 0.717) is 17.1 Å². The van der Waals surface area contributed by atoms with Crippen LogP contribution in [0.1, 0.15) is 18.2 Å². The molecule has 0 saturated carbocycles. The van der Waals surface area contributed by atoms with Gasteiger partial charge in [-0.05, 0) is 31.2 Å². The molecule has 0 radical (unpaired) electrons. The number of benzene rings is 1. The molecule has 1 heterocycles. The smallest absolute Gasteiger partial charge is 0.323 e. The van der Waals surface area contributed by atoms with Gasteiger partial charge in [0.15, 0.2) is 5.60 Å². The third-order valence-corrected chi connectivity index (χ3v) is 4.07. The Kier molecular flexibility index (Phi) is 7.20. The highest BCUT2D eigenvalue weighted by Crippen LogP contribution is 2.46. The topological polar surface area (TPSA) is 110 Å². The monoisotopic (exact) mass is 425 g/mol. The molecule has 0 amide bonds. The van der Waals surface area contributed by atoms with E-state index < -0.39 is 41.0 Å². The molecule has 1 unspecified atom stereocenters. The van der Waals surface area contributed by atoms with Crippen molar-refractivity contribution in [2.45, 2.75) is 18.4 Å². The van der Waals surface area contributed by atoms with Gasteiger partial charge >= 0.3 is 5.92 Å². The minimum Gasteiger partial charge on any atom is -0.479 e. The summed E-state index contributed by atoms with van der Waals surface area (Å²) < 4.78 is 63.7. The van der Waals surface area contributed by atoms with Crippen LogP contribution in [0, 0.1) is 23.5 Å². The first kappa shape index (κ1) is 22.9. The molecular formula is C19H19F4N5O2. The van der Waals surface area contributed by atoms with Crippen molar-refractivity contribution in [3.05, 3.63) is 59.4 Å². The van der Waals surface area contributed by atoms with Crippen molar-refractivity contribution in [2.24, 2.45) is 16.8 Å². The molecule has 5 N–H and O–H groups in total. The van der Waals surface area contributed by atoms with Gasteiger partial charge < -0.3 is 15.7 Å². The maximum atomic E-state index is 15.4. The second-order valence-electron chi connectivity index (χ2n) is 6.09. The van der Waals surface area contributed by atoms with Crippen LogP contribution in [0.5, 0.6) is 5.75 Å². The van der Waals surface area contributed by atoms with Gasteiger partial charge in [0.05, 0.1) is 12.7 Å². The second-order valence-corrected chi connectivity index (χ2v) is 6.09. The molecule has 1 aromatic carbocycles. The fourth-order valence-corrected chi connectivity index (χ4v) is 2.62. The number of hydrazine groups is 1. The summed E-state index contributed by atoms with van der Waals surface area (Å²) in [7, 11) is 0. The number of aromatic nitrogens is 1. The minimum absolute atomic E-state index is 0.0270. The molecule has 0 saturated heterocycles. The Labute approximate surface area is 169 Å². The number of hydrazone groups is 1. The number of hydrogen-bond acceptors (Lipinski definition) is 6. The molecule has 11 heteroatoms. The zero-order valence-electron chi connectivity index (χ0n) is 15.8. The zero-order valence-corrected chi connectivity index (χ0v) is 15.8. The first-order valence-corrected chi connectivity index (χ1v) is 8.45. The van der Waals surface area contributed by atoms with E-state index in [1.54, 1.807) is 6.92 Å². The summed E-state index contributed by atoms with van der Waals surface area (Å²) in [6, 6.07) is 3.90. The predicted octanol–water partition coefficient (Wildman–Crippen LogP) is 1.82. The summed E-state index contributed by atoms with van der Waals surface area (Å²) in [5, 5.41) is 14.6. The van der Waals surface area contributed by atoms with Crippen molar-refractivity contribution < 1.29 is 27.4 Å². The molecule has 2 rings (SSSR count). The number of nitrogens with two attached hydrogens (primary N) is 2. The van der Waals surface area contributed by atoms with Crippen LogP contribution in [0.2, 0.25) is 0 Å². The minimum atomic E-state index is -4.17. The van der Waals surface area contributed by atoms with E-state index in [1.165, 1.54) is 6.07 Å². The zero-order chi connectivity index (χ0) is 22.4. The molecule has 0 fully saturated rings. The van der Waals surface area contributed by atoms with Gasteiger partial charge in [0, 0.05) is 11.6 Å². The number of rotatable bonds is 8. The van der Waals surface area contributed by atoms with Crippen molar-refractivity contribution in [1.29, 1.82) is 0 Å². The average Bonchev–Trinajstić information content (AvgIpc) is 2.68. The van der Waals surface area contributed by atoms with Crippen LogP contribution in [0.3, 0.4) is 0 Å². The van der Waals surface area contributed by atoms with Crippen LogP contribution >= 0.6 is 0 Å². The van der Waals surface area contributed by atoms with Gasteiger partial charge in [0.25, 0.3) is 0 Å². The summed E-state index contributed by atoms with van der Waals surface area (Å²) in [6.45, 7) is 0.589. The maximum Gasteiger partial charge on any atom is 0.323 e. The molecule has 160 valence electrons. The lowest BCUT2D eigenvalue weighted by Crippen LogP contribution is -2.53. The quantitative estimate of drug-likeness (QED) is 0.149. The molecule has 0 bridgehead atoms. The van der Waals surface area contributed by atoms with Crippen LogP contribution < -0.4 is 16.4 Å². The van der Waals surface area contributed by atoms with Gasteiger partial charge in [0.1, 0.15) is 36.0 Å².